The summed E-state index contributed by atoms with van der Waals surface area (Å²) in [5.74, 6) is -0.213. The predicted molar refractivity (Wildman–Crippen MR) is 47.2 cm³/mol. The van der Waals surface area contributed by atoms with E-state index in [1.54, 1.807) is 24.9 Å². The van der Waals surface area contributed by atoms with Crippen molar-refractivity contribution in [2.75, 3.05) is 6.61 Å². The second-order valence-corrected chi connectivity index (χ2v) is 2.96. The Morgan fingerprint density at radius 3 is 3.00 bits per heavy atom. The maximum absolute atomic E-state index is 11.4. The summed E-state index contributed by atoms with van der Waals surface area (Å²) in [7, 11) is 1.74. The van der Waals surface area contributed by atoms with Crippen LogP contribution in [0.1, 0.15) is 17.3 Å². The summed E-state index contributed by atoms with van der Waals surface area (Å²) >= 11 is 0. The highest BCUT2D eigenvalue weighted by molar-refractivity contribution is 5.93. The Hall–Kier alpha value is -1.36. The molecule has 0 aliphatic carbocycles. The van der Waals surface area contributed by atoms with Crippen LogP contribution in [-0.4, -0.2) is 33.4 Å². The van der Waals surface area contributed by atoms with E-state index in [1.807, 2.05) is 0 Å². The molecule has 0 saturated carbocycles. The van der Waals surface area contributed by atoms with Crippen LogP contribution in [0.3, 0.4) is 0 Å². The van der Waals surface area contributed by atoms with Gasteiger partial charge in [-0.15, -0.1) is 0 Å². The maximum Gasteiger partial charge on any atom is 0.254 e. The molecule has 1 aromatic rings. The summed E-state index contributed by atoms with van der Waals surface area (Å²) in [6.07, 6.45) is 3.11. The largest absolute Gasteiger partial charge is 0.394 e. The van der Waals surface area contributed by atoms with E-state index >= 15 is 0 Å². The highest BCUT2D eigenvalue weighted by atomic mass is 16.3. The maximum atomic E-state index is 11.4. The molecule has 1 aromatic heterocycles. The van der Waals surface area contributed by atoms with Gasteiger partial charge in [-0.2, -0.15) is 5.10 Å². The lowest BCUT2D eigenvalue weighted by molar-refractivity contribution is 0.0922. The molecular weight excluding hydrogens is 170 g/mol. The van der Waals surface area contributed by atoms with Crippen molar-refractivity contribution in [2.24, 2.45) is 7.05 Å². The summed E-state index contributed by atoms with van der Waals surface area (Å²) in [6, 6.07) is -0.229. The van der Waals surface area contributed by atoms with Gasteiger partial charge in [-0.3, -0.25) is 9.48 Å². The van der Waals surface area contributed by atoms with Crippen LogP contribution < -0.4 is 5.32 Å². The highest BCUT2D eigenvalue weighted by Crippen LogP contribution is 1.96. The van der Waals surface area contributed by atoms with Gasteiger partial charge in [0.25, 0.3) is 5.91 Å². The molecule has 5 nitrogen and oxygen atoms in total. The summed E-state index contributed by atoms with van der Waals surface area (Å²) in [6.45, 7) is 1.67. The van der Waals surface area contributed by atoms with Crippen LogP contribution in [-0.2, 0) is 7.05 Å². The number of carbonyl (C=O) groups excluding carboxylic acids is 1. The Morgan fingerprint density at radius 2 is 2.54 bits per heavy atom. The number of aryl methyl sites for hydroxylation is 1. The molecule has 0 bridgehead atoms. The van der Waals surface area contributed by atoms with Gasteiger partial charge < -0.3 is 10.4 Å². The van der Waals surface area contributed by atoms with E-state index in [2.05, 4.69) is 10.4 Å². The van der Waals surface area contributed by atoms with Crippen LogP contribution in [0, 0.1) is 0 Å². The number of nitrogens with zero attached hydrogens (tertiary/aromatic N) is 2. The third-order valence-electron chi connectivity index (χ3n) is 1.62. The SMILES string of the molecule is C[C@H](CO)NC(=O)c1cnn(C)c1. The van der Waals surface area contributed by atoms with Crippen molar-refractivity contribution in [3.05, 3.63) is 18.0 Å². The van der Waals surface area contributed by atoms with E-state index in [0.29, 0.717) is 5.56 Å². The minimum absolute atomic E-state index is 0.0635. The van der Waals surface area contributed by atoms with Crippen molar-refractivity contribution in [1.29, 1.82) is 0 Å². The van der Waals surface area contributed by atoms with Crippen LogP contribution in [0.2, 0.25) is 0 Å². The number of aromatic nitrogens is 2. The second-order valence-electron chi connectivity index (χ2n) is 2.96. The molecule has 0 saturated heterocycles. The van der Waals surface area contributed by atoms with E-state index < -0.39 is 0 Å². The minimum atomic E-state index is -0.229. The molecule has 0 radical (unpaired) electrons. The number of rotatable bonds is 3. The average molecular weight is 183 g/mol. The monoisotopic (exact) mass is 183 g/mol. The topological polar surface area (TPSA) is 67.2 Å². The molecule has 0 aromatic carbocycles. The fourth-order valence-electron chi connectivity index (χ4n) is 0.891. The number of nitrogens with one attached hydrogen (secondary N) is 1. The molecule has 5 heteroatoms. The summed E-state index contributed by atoms with van der Waals surface area (Å²) in [5.41, 5.74) is 0.503. The van der Waals surface area contributed by atoms with Crippen LogP contribution in [0.5, 0.6) is 0 Å². The third-order valence-corrected chi connectivity index (χ3v) is 1.62. The van der Waals surface area contributed by atoms with Crippen molar-refractivity contribution in [2.45, 2.75) is 13.0 Å². The molecular formula is C8H13N3O2. The lowest BCUT2D eigenvalue weighted by Crippen LogP contribution is -2.34. The number of aliphatic hydroxyl groups is 1. The molecule has 0 unspecified atom stereocenters. The van der Waals surface area contributed by atoms with E-state index in [1.165, 1.54) is 6.20 Å². The Balaban J connectivity index is 2.58. The Morgan fingerprint density at radius 1 is 1.85 bits per heavy atom. The number of hydrogen-bond acceptors (Lipinski definition) is 3. The van der Waals surface area contributed by atoms with Crippen molar-refractivity contribution < 1.29 is 9.90 Å². The van der Waals surface area contributed by atoms with Gasteiger partial charge in [-0.25, -0.2) is 0 Å². The Labute approximate surface area is 76.4 Å². The van der Waals surface area contributed by atoms with E-state index in [-0.39, 0.29) is 18.6 Å². The van der Waals surface area contributed by atoms with Gasteiger partial charge in [0.2, 0.25) is 0 Å². The lowest BCUT2D eigenvalue weighted by Gasteiger charge is -2.08. The fourth-order valence-corrected chi connectivity index (χ4v) is 0.891. The van der Waals surface area contributed by atoms with E-state index in [4.69, 9.17) is 5.11 Å². The van der Waals surface area contributed by atoms with Gasteiger partial charge in [0, 0.05) is 19.3 Å². The van der Waals surface area contributed by atoms with Gasteiger partial charge in [0.05, 0.1) is 18.4 Å². The summed E-state index contributed by atoms with van der Waals surface area (Å²) in [5, 5.41) is 15.2. The van der Waals surface area contributed by atoms with Crippen LogP contribution in [0.25, 0.3) is 0 Å². The number of hydrogen-bond donors (Lipinski definition) is 2. The van der Waals surface area contributed by atoms with Crippen molar-refractivity contribution in [3.63, 3.8) is 0 Å². The Bertz CT molecular complexity index is 295. The van der Waals surface area contributed by atoms with E-state index in [0.717, 1.165) is 0 Å². The first-order valence-electron chi connectivity index (χ1n) is 4.04. The molecule has 1 heterocycles. The first-order valence-corrected chi connectivity index (χ1v) is 4.04. The molecule has 0 aliphatic heterocycles. The van der Waals surface area contributed by atoms with Gasteiger partial charge in [0.1, 0.15) is 0 Å². The summed E-state index contributed by atoms with van der Waals surface area (Å²) in [4.78, 5) is 11.4. The number of carbonyl (C=O) groups is 1. The zero-order valence-electron chi connectivity index (χ0n) is 7.69. The second kappa shape index (κ2) is 4.04. The number of amides is 1. The average Bonchev–Trinajstić information content (AvgIpc) is 2.51. The molecule has 72 valence electrons. The first-order chi connectivity index (χ1) is 6.13. The number of aliphatic hydroxyl groups excluding tert-OH is 1. The molecule has 0 spiro atoms. The van der Waals surface area contributed by atoms with Crippen molar-refractivity contribution in [1.82, 2.24) is 15.1 Å². The van der Waals surface area contributed by atoms with Gasteiger partial charge in [-0.05, 0) is 6.92 Å². The molecule has 0 fully saturated rings. The summed E-state index contributed by atoms with van der Waals surface area (Å²) < 4.78 is 1.55. The standard InChI is InChI=1S/C8H13N3O2/c1-6(5-12)10-8(13)7-3-9-11(2)4-7/h3-4,6,12H,5H2,1-2H3,(H,10,13)/t6-/m1/s1. The zero-order chi connectivity index (χ0) is 9.84. The molecule has 13 heavy (non-hydrogen) atoms. The third kappa shape index (κ3) is 2.55. The molecule has 1 atom stereocenters. The fraction of sp³-hybridized carbons (Fsp3) is 0.500. The minimum Gasteiger partial charge on any atom is -0.394 e. The van der Waals surface area contributed by atoms with Crippen LogP contribution >= 0.6 is 0 Å². The van der Waals surface area contributed by atoms with Gasteiger partial charge >= 0.3 is 0 Å². The smallest absolute Gasteiger partial charge is 0.254 e. The van der Waals surface area contributed by atoms with Gasteiger partial charge in [-0.1, -0.05) is 0 Å². The molecule has 1 amide bonds. The van der Waals surface area contributed by atoms with Gasteiger partial charge in [0.15, 0.2) is 0 Å². The molecule has 2 N–H and O–H groups in total. The normalized spacial score (nSPS) is 12.5. The first kappa shape index (κ1) is 9.73. The highest BCUT2D eigenvalue weighted by Gasteiger charge is 2.09. The zero-order valence-corrected chi connectivity index (χ0v) is 7.69. The lowest BCUT2D eigenvalue weighted by atomic mass is 10.3. The molecule has 1 rings (SSSR count). The predicted octanol–water partition coefficient (Wildman–Crippen LogP) is -0.469. The molecule has 0 aliphatic rings. The van der Waals surface area contributed by atoms with Crippen LogP contribution in [0.4, 0.5) is 0 Å². The van der Waals surface area contributed by atoms with E-state index in [9.17, 15) is 4.79 Å². The van der Waals surface area contributed by atoms with Crippen LogP contribution in [0.15, 0.2) is 12.4 Å². The van der Waals surface area contributed by atoms with Crippen molar-refractivity contribution >= 4 is 5.91 Å². The van der Waals surface area contributed by atoms with Crippen molar-refractivity contribution in [3.8, 4) is 0 Å². The Kier molecular flexibility index (Phi) is 3.02. The quantitative estimate of drug-likeness (QED) is 0.665.